The molecular weight excluding hydrogens is 358 g/mol. The summed E-state index contributed by atoms with van der Waals surface area (Å²) in [6.07, 6.45) is -0.538. The van der Waals surface area contributed by atoms with Gasteiger partial charge in [0.25, 0.3) is 0 Å². The molecule has 2 N–H and O–H groups in total. The molecule has 0 radical (unpaired) electrons. The van der Waals surface area contributed by atoms with E-state index in [1.54, 1.807) is 0 Å². The average Bonchev–Trinajstić information content (AvgIpc) is 2.60. The summed E-state index contributed by atoms with van der Waals surface area (Å²) in [7, 11) is 0. The van der Waals surface area contributed by atoms with Gasteiger partial charge in [-0.1, -0.05) is 60.7 Å². The van der Waals surface area contributed by atoms with E-state index in [-0.39, 0.29) is 18.3 Å². The van der Waals surface area contributed by atoms with Crippen molar-refractivity contribution in [1.82, 2.24) is 5.32 Å². The molecule has 0 fully saturated rings. The second-order valence-corrected chi connectivity index (χ2v) is 5.79. The Kier molecular flexibility index (Phi) is 9.49. The van der Waals surface area contributed by atoms with Gasteiger partial charge in [0.1, 0.15) is 12.6 Å². The van der Waals surface area contributed by atoms with Crippen molar-refractivity contribution in [3.63, 3.8) is 0 Å². The van der Waals surface area contributed by atoms with Crippen molar-refractivity contribution < 1.29 is 24.2 Å². The molecule has 7 heteroatoms. The molecule has 6 nitrogen and oxygen atoms in total. The number of carboxylic acids is 1. The Morgan fingerprint density at radius 3 is 1.92 bits per heavy atom. The highest BCUT2D eigenvalue weighted by atomic mass is 35.5. The lowest BCUT2D eigenvalue weighted by atomic mass is 10.1. The molecule has 0 spiro atoms. The van der Waals surface area contributed by atoms with Crippen molar-refractivity contribution in [3.05, 3.63) is 71.8 Å². The largest absolute Gasteiger partial charge is 0.480 e. The highest BCUT2D eigenvalue weighted by Gasteiger charge is 2.21. The highest BCUT2D eigenvalue weighted by Crippen LogP contribution is 2.05. The summed E-state index contributed by atoms with van der Waals surface area (Å²) in [6, 6.07) is 17.3. The van der Waals surface area contributed by atoms with Gasteiger partial charge in [-0.25, -0.2) is 9.59 Å². The van der Waals surface area contributed by atoms with E-state index >= 15 is 0 Å². The standard InChI is InChI=1S/C17H17NO4.C2H3ClO/c19-16(20)15(11-13-7-3-1-4-8-13)18-17(21)22-12-14-9-5-2-6-10-14;1-2(3)4/h1-10,15H,11-12H2,(H,18,21)(H,19,20);1H3/t15-;/m1./s1. The number of amides is 1. The number of hydrogen-bond acceptors (Lipinski definition) is 4. The molecule has 0 aliphatic rings. The smallest absolute Gasteiger partial charge is 0.408 e. The maximum atomic E-state index is 11.7. The lowest BCUT2D eigenvalue weighted by Crippen LogP contribution is -2.42. The number of carboxylic acid groups (broad SMARTS) is 1. The topological polar surface area (TPSA) is 92.7 Å². The van der Waals surface area contributed by atoms with Crippen LogP contribution < -0.4 is 5.32 Å². The zero-order chi connectivity index (χ0) is 19.4. The van der Waals surface area contributed by atoms with Gasteiger partial charge in [0, 0.05) is 13.3 Å². The van der Waals surface area contributed by atoms with Crippen LogP contribution in [-0.2, 0) is 27.4 Å². The van der Waals surface area contributed by atoms with Gasteiger partial charge in [-0.15, -0.1) is 0 Å². The third kappa shape index (κ3) is 9.44. The number of carbonyl (C=O) groups excluding carboxylic acids is 2. The molecule has 0 aromatic heterocycles. The van der Waals surface area contributed by atoms with E-state index in [1.807, 2.05) is 60.7 Å². The summed E-state index contributed by atoms with van der Waals surface area (Å²) in [6.45, 7) is 1.39. The average molecular weight is 378 g/mol. The van der Waals surface area contributed by atoms with Gasteiger partial charge >= 0.3 is 12.1 Å². The first-order valence-corrected chi connectivity index (χ1v) is 8.16. The van der Waals surface area contributed by atoms with Crippen molar-refractivity contribution in [1.29, 1.82) is 0 Å². The van der Waals surface area contributed by atoms with Gasteiger partial charge in [0.05, 0.1) is 0 Å². The zero-order valence-corrected chi connectivity index (χ0v) is 15.0. The van der Waals surface area contributed by atoms with E-state index in [0.717, 1.165) is 11.1 Å². The Balaban J connectivity index is 0.000000765. The van der Waals surface area contributed by atoms with E-state index in [9.17, 15) is 19.5 Å². The minimum Gasteiger partial charge on any atom is -0.480 e. The lowest BCUT2D eigenvalue weighted by molar-refractivity contribution is -0.139. The molecule has 0 heterocycles. The van der Waals surface area contributed by atoms with Crippen LogP contribution in [0.1, 0.15) is 18.1 Å². The number of rotatable bonds is 6. The van der Waals surface area contributed by atoms with Crippen LogP contribution in [0.25, 0.3) is 0 Å². The second-order valence-electron chi connectivity index (χ2n) is 5.26. The Morgan fingerprint density at radius 1 is 1.00 bits per heavy atom. The summed E-state index contributed by atoms with van der Waals surface area (Å²) in [5.74, 6) is -1.10. The number of alkyl carbamates (subject to hydrolysis) is 1. The summed E-state index contributed by atoms with van der Waals surface area (Å²) in [4.78, 5) is 32.2. The fourth-order valence-electron chi connectivity index (χ4n) is 1.96. The monoisotopic (exact) mass is 377 g/mol. The van der Waals surface area contributed by atoms with E-state index in [1.165, 1.54) is 6.92 Å². The first-order chi connectivity index (χ1) is 12.4. The molecule has 0 bridgehead atoms. The summed E-state index contributed by atoms with van der Waals surface area (Å²) < 4.78 is 5.03. The molecule has 138 valence electrons. The molecule has 1 atom stereocenters. The molecule has 0 saturated heterocycles. The molecule has 26 heavy (non-hydrogen) atoms. The predicted molar refractivity (Wildman–Crippen MR) is 97.9 cm³/mol. The summed E-state index contributed by atoms with van der Waals surface area (Å²) >= 11 is 4.64. The number of benzene rings is 2. The first kappa shape index (κ1) is 21.2. The van der Waals surface area contributed by atoms with Crippen LogP contribution in [0.3, 0.4) is 0 Å². The molecule has 2 aromatic carbocycles. The van der Waals surface area contributed by atoms with Gasteiger partial charge in [-0.05, 0) is 22.7 Å². The van der Waals surface area contributed by atoms with Crippen LogP contribution in [0.4, 0.5) is 4.79 Å². The first-order valence-electron chi connectivity index (χ1n) is 7.78. The molecule has 1 amide bonds. The minimum atomic E-state index is -1.10. The fourth-order valence-corrected chi connectivity index (χ4v) is 1.96. The van der Waals surface area contributed by atoms with Gasteiger partial charge in [0.15, 0.2) is 0 Å². The molecule has 0 saturated carbocycles. The molecule has 0 unspecified atom stereocenters. The maximum absolute atomic E-state index is 11.7. The van der Waals surface area contributed by atoms with Crippen molar-refractivity contribution in [2.75, 3.05) is 0 Å². The predicted octanol–water partition coefficient (Wildman–Crippen LogP) is 3.38. The SMILES string of the molecule is CC(=O)Cl.O=C(N[C@H](Cc1ccccc1)C(=O)O)OCc1ccccc1. The number of hydrogen-bond donors (Lipinski definition) is 2. The van der Waals surface area contributed by atoms with Gasteiger partial charge in [0.2, 0.25) is 5.24 Å². The number of nitrogens with one attached hydrogen (secondary N) is 1. The van der Waals surface area contributed by atoms with E-state index in [2.05, 4.69) is 16.9 Å². The Morgan fingerprint density at radius 2 is 1.46 bits per heavy atom. The van der Waals surface area contributed by atoms with Crippen LogP contribution in [-0.4, -0.2) is 28.5 Å². The fraction of sp³-hybridized carbons (Fsp3) is 0.211. The third-order valence-corrected chi connectivity index (χ3v) is 3.09. The third-order valence-electron chi connectivity index (χ3n) is 3.09. The van der Waals surface area contributed by atoms with Crippen molar-refractivity contribution in [3.8, 4) is 0 Å². The number of carbonyl (C=O) groups is 3. The highest BCUT2D eigenvalue weighted by molar-refractivity contribution is 6.62. The van der Waals surface area contributed by atoms with Gasteiger partial charge < -0.3 is 15.2 Å². The number of ether oxygens (including phenoxy) is 1. The Hall–Kier alpha value is -2.86. The van der Waals surface area contributed by atoms with Gasteiger partial charge in [-0.2, -0.15) is 0 Å². The Bertz CT molecular complexity index is 702. The summed E-state index contributed by atoms with van der Waals surface area (Å²) in [5.41, 5.74) is 1.67. The molecule has 0 aliphatic carbocycles. The quantitative estimate of drug-likeness (QED) is 0.753. The van der Waals surface area contributed by atoms with Crippen LogP contribution in [0.15, 0.2) is 60.7 Å². The normalized spacial score (nSPS) is 10.7. The molecule has 2 rings (SSSR count). The van der Waals surface area contributed by atoms with E-state index in [0.29, 0.717) is 0 Å². The molecular formula is C19H20ClNO5. The van der Waals surface area contributed by atoms with Crippen LogP contribution >= 0.6 is 11.6 Å². The Labute approximate surface area is 156 Å². The maximum Gasteiger partial charge on any atom is 0.408 e. The molecule has 0 aliphatic heterocycles. The molecule has 2 aromatic rings. The van der Waals surface area contributed by atoms with E-state index in [4.69, 9.17) is 4.74 Å². The van der Waals surface area contributed by atoms with Crippen LogP contribution in [0.5, 0.6) is 0 Å². The van der Waals surface area contributed by atoms with Crippen LogP contribution in [0.2, 0.25) is 0 Å². The van der Waals surface area contributed by atoms with Crippen LogP contribution in [0, 0.1) is 0 Å². The number of aliphatic carboxylic acids is 1. The number of halogens is 1. The van der Waals surface area contributed by atoms with E-state index < -0.39 is 18.1 Å². The van der Waals surface area contributed by atoms with Crippen molar-refractivity contribution in [2.45, 2.75) is 26.0 Å². The second kappa shape index (κ2) is 11.7. The summed E-state index contributed by atoms with van der Waals surface area (Å²) in [5, 5.41) is 11.2. The zero-order valence-electron chi connectivity index (χ0n) is 14.2. The van der Waals surface area contributed by atoms with Crippen molar-refractivity contribution >= 4 is 28.9 Å². The lowest BCUT2D eigenvalue weighted by Gasteiger charge is -2.14. The minimum absolute atomic E-state index is 0.102. The van der Waals surface area contributed by atoms with Crippen molar-refractivity contribution in [2.24, 2.45) is 0 Å². The van der Waals surface area contributed by atoms with Gasteiger partial charge in [-0.3, -0.25) is 4.79 Å².